The van der Waals surface area contributed by atoms with Crippen LogP contribution in [0, 0.1) is 3.57 Å². The van der Waals surface area contributed by atoms with Crippen LogP contribution in [0.1, 0.15) is 25.7 Å². The Hall–Kier alpha value is -0.290. The first-order valence-electron chi connectivity index (χ1n) is 5.85. The molecule has 2 atom stereocenters. The first-order valence-corrected chi connectivity index (χ1v) is 6.93. The van der Waals surface area contributed by atoms with Crippen molar-refractivity contribution >= 4 is 28.3 Å². The molecule has 3 heteroatoms. The van der Waals surface area contributed by atoms with Gasteiger partial charge in [0.25, 0.3) is 0 Å². The maximum atomic E-state index is 5.55. The number of ether oxygens (including phenoxy) is 1. The Morgan fingerprint density at radius 1 is 1.25 bits per heavy atom. The van der Waals surface area contributed by atoms with Crippen molar-refractivity contribution in [3.63, 3.8) is 0 Å². The van der Waals surface area contributed by atoms with Crippen molar-refractivity contribution in [2.75, 3.05) is 12.4 Å². The monoisotopic (exact) mass is 331 g/mol. The number of para-hydroxylation sites is 1. The van der Waals surface area contributed by atoms with Crippen molar-refractivity contribution in [1.29, 1.82) is 0 Å². The van der Waals surface area contributed by atoms with Gasteiger partial charge in [-0.1, -0.05) is 25.0 Å². The molecule has 0 radical (unpaired) electrons. The lowest BCUT2D eigenvalue weighted by Gasteiger charge is -2.32. The van der Waals surface area contributed by atoms with Gasteiger partial charge in [0.1, 0.15) is 0 Å². The number of methoxy groups -OCH3 is 1. The van der Waals surface area contributed by atoms with Crippen LogP contribution >= 0.6 is 22.6 Å². The number of halogens is 1. The van der Waals surface area contributed by atoms with Gasteiger partial charge < -0.3 is 10.1 Å². The minimum absolute atomic E-state index is 0.366. The summed E-state index contributed by atoms with van der Waals surface area (Å²) in [5.41, 5.74) is 1.23. The molecule has 1 N–H and O–H groups in total. The fourth-order valence-corrected chi connectivity index (χ4v) is 2.87. The third kappa shape index (κ3) is 2.88. The van der Waals surface area contributed by atoms with E-state index in [1.807, 2.05) is 7.11 Å². The zero-order chi connectivity index (χ0) is 11.4. The van der Waals surface area contributed by atoms with Crippen molar-refractivity contribution in [3.8, 4) is 0 Å². The highest BCUT2D eigenvalue weighted by molar-refractivity contribution is 14.1. The quantitative estimate of drug-likeness (QED) is 0.854. The lowest BCUT2D eigenvalue weighted by atomic mass is 9.92. The summed E-state index contributed by atoms with van der Waals surface area (Å²) in [6.07, 6.45) is 5.36. The molecule has 0 spiro atoms. The van der Waals surface area contributed by atoms with Gasteiger partial charge in [0, 0.05) is 16.4 Å². The van der Waals surface area contributed by atoms with E-state index in [9.17, 15) is 0 Å². The average Bonchev–Trinajstić information content (AvgIpc) is 2.33. The summed E-state index contributed by atoms with van der Waals surface area (Å²) < 4.78 is 6.83. The van der Waals surface area contributed by atoms with E-state index in [0.717, 1.165) is 0 Å². The third-order valence-electron chi connectivity index (χ3n) is 3.22. The molecule has 2 nitrogen and oxygen atoms in total. The molecule has 0 bridgehead atoms. The van der Waals surface area contributed by atoms with E-state index in [1.54, 1.807) is 0 Å². The highest BCUT2D eigenvalue weighted by Gasteiger charge is 2.24. The Kier molecular flexibility index (Phi) is 4.46. The van der Waals surface area contributed by atoms with Gasteiger partial charge >= 0.3 is 0 Å². The Labute approximate surface area is 111 Å². The second kappa shape index (κ2) is 5.87. The maximum absolute atomic E-state index is 5.55. The van der Waals surface area contributed by atoms with Crippen LogP contribution in [0.15, 0.2) is 24.3 Å². The highest BCUT2D eigenvalue weighted by Crippen LogP contribution is 2.26. The molecule has 1 fully saturated rings. The number of benzene rings is 1. The fraction of sp³-hybridized carbons (Fsp3) is 0.538. The van der Waals surface area contributed by atoms with Gasteiger partial charge in [-0.25, -0.2) is 0 Å². The van der Waals surface area contributed by atoms with Crippen LogP contribution < -0.4 is 5.32 Å². The van der Waals surface area contributed by atoms with Crippen molar-refractivity contribution in [2.24, 2.45) is 0 Å². The van der Waals surface area contributed by atoms with E-state index in [4.69, 9.17) is 4.74 Å². The van der Waals surface area contributed by atoms with E-state index in [-0.39, 0.29) is 0 Å². The Balaban J connectivity index is 2.05. The predicted octanol–water partition coefficient (Wildman–Crippen LogP) is 3.66. The summed E-state index contributed by atoms with van der Waals surface area (Å²) in [7, 11) is 1.82. The van der Waals surface area contributed by atoms with Crippen LogP contribution in [0.25, 0.3) is 0 Å². The molecule has 1 aromatic rings. The molecular weight excluding hydrogens is 313 g/mol. The Bertz CT molecular complexity index is 342. The molecule has 0 amide bonds. The number of anilines is 1. The van der Waals surface area contributed by atoms with Crippen molar-refractivity contribution in [2.45, 2.75) is 37.8 Å². The van der Waals surface area contributed by atoms with Gasteiger partial charge in [-0.15, -0.1) is 0 Å². The first kappa shape index (κ1) is 12.2. The smallest absolute Gasteiger partial charge is 0.0772 e. The molecule has 2 rings (SSSR count). The topological polar surface area (TPSA) is 21.3 Å². The van der Waals surface area contributed by atoms with Crippen LogP contribution in [0.4, 0.5) is 5.69 Å². The summed E-state index contributed by atoms with van der Waals surface area (Å²) in [5, 5.41) is 3.62. The number of hydrogen-bond acceptors (Lipinski definition) is 2. The van der Waals surface area contributed by atoms with Gasteiger partial charge in [-0.3, -0.25) is 0 Å². The summed E-state index contributed by atoms with van der Waals surface area (Å²) in [4.78, 5) is 0. The molecule has 2 unspecified atom stereocenters. The molecular formula is C13H18INO. The standard InChI is InChI=1S/C13H18INO/c1-16-13-9-5-4-8-12(13)15-11-7-3-2-6-10(11)14/h2-3,6-7,12-13,15H,4-5,8-9H2,1H3. The highest BCUT2D eigenvalue weighted by atomic mass is 127. The maximum Gasteiger partial charge on any atom is 0.0772 e. The molecule has 88 valence electrons. The van der Waals surface area contributed by atoms with Crippen LogP contribution in [-0.2, 0) is 4.74 Å². The van der Waals surface area contributed by atoms with Crippen molar-refractivity contribution in [3.05, 3.63) is 27.8 Å². The van der Waals surface area contributed by atoms with E-state index >= 15 is 0 Å². The third-order valence-corrected chi connectivity index (χ3v) is 4.16. The SMILES string of the molecule is COC1CCCCC1Nc1ccccc1I. The van der Waals surface area contributed by atoms with E-state index in [2.05, 4.69) is 52.2 Å². The van der Waals surface area contributed by atoms with Crippen LogP contribution in [0.2, 0.25) is 0 Å². The summed E-state index contributed by atoms with van der Waals surface area (Å²) >= 11 is 2.37. The van der Waals surface area contributed by atoms with Crippen LogP contribution in [-0.4, -0.2) is 19.3 Å². The zero-order valence-electron chi connectivity index (χ0n) is 9.58. The van der Waals surface area contributed by atoms with Gasteiger partial charge in [-0.2, -0.15) is 0 Å². The second-order valence-electron chi connectivity index (χ2n) is 4.29. The molecule has 0 heterocycles. The number of rotatable bonds is 3. The normalized spacial score (nSPS) is 25.4. The molecule has 0 aliphatic heterocycles. The minimum atomic E-state index is 0.366. The lowest BCUT2D eigenvalue weighted by Crippen LogP contribution is -2.37. The molecule has 0 aromatic heterocycles. The van der Waals surface area contributed by atoms with Gasteiger partial charge in [0.2, 0.25) is 0 Å². The van der Waals surface area contributed by atoms with E-state index in [0.29, 0.717) is 12.1 Å². The van der Waals surface area contributed by atoms with Crippen molar-refractivity contribution in [1.82, 2.24) is 0 Å². The van der Waals surface area contributed by atoms with Gasteiger partial charge in [0.05, 0.1) is 12.1 Å². The van der Waals surface area contributed by atoms with E-state index in [1.165, 1.54) is 34.9 Å². The molecule has 1 aromatic carbocycles. The summed E-state index contributed by atoms with van der Waals surface area (Å²) in [6, 6.07) is 8.89. The minimum Gasteiger partial charge on any atom is -0.379 e. The lowest BCUT2D eigenvalue weighted by molar-refractivity contribution is 0.0606. The van der Waals surface area contributed by atoms with Crippen molar-refractivity contribution < 1.29 is 4.74 Å². The zero-order valence-corrected chi connectivity index (χ0v) is 11.7. The second-order valence-corrected chi connectivity index (χ2v) is 5.45. The molecule has 1 aliphatic carbocycles. The van der Waals surface area contributed by atoms with Crippen LogP contribution in [0.5, 0.6) is 0 Å². The molecule has 1 saturated carbocycles. The molecule has 0 saturated heterocycles. The Morgan fingerprint density at radius 3 is 2.75 bits per heavy atom. The predicted molar refractivity (Wildman–Crippen MR) is 75.8 cm³/mol. The number of nitrogens with one attached hydrogen (secondary N) is 1. The summed E-state index contributed by atoms with van der Waals surface area (Å²) in [6.45, 7) is 0. The van der Waals surface area contributed by atoms with Gasteiger partial charge in [0.15, 0.2) is 0 Å². The van der Waals surface area contributed by atoms with Crippen LogP contribution in [0.3, 0.4) is 0 Å². The van der Waals surface area contributed by atoms with E-state index < -0.39 is 0 Å². The molecule has 16 heavy (non-hydrogen) atoms. The largest absolute Gasteiger partial charge is 0.379 e. The van der Waals surface area contributed by atoms with Gasteiger partial charge in [-0.05, 0) is 47.6 Å². The summed E-state index contributed by atoms with van der Waals surface area (Å²) in [5.74, 6) is 0. The first-order chi connectivity index (χ1) is 7.81. The molecule has 1 aliphatic rings. The fourth-order valence-electron chi connectivity index (χ4n) is 2.32. The Morgan fingerprint density at radius 2 is 2.00 bits per heavy atom. The average molecular weight is 331 g/mol. The number of hydrogen-bond donors (Lipinski definition) is 1.